The summed E-state index contributed by atoms with van der Waals surface area (Å²) in [5.41, 5.74) is 3.57. The molecule has 2 aromatic heterocycles. The van der Waals surface area contributed by atoms with E-state index in [0.29, 0.717) is 23.4 Å². The highest BCUT2D eigenvalue weighted by molar-refractivity contribution is 6.33. The Hall–Kier alpha value is -3.10. The van der Waals surface area contributed by atoms with Crippen LogP contribution in [0.2, 0.25) is 5.02 Å². The number of halogens is 2. The molecule has 3 heterocycles. The number of benzene rings is 2. The molecule has 4 aromatic rings. The zero-order valence-electron chi connectivity index (χ0n) is 18.1. The standard InChI is InChI=1S/C23H24ClFN6O/c1-13-10-30(11-14(2)28-13)19-7-17-18(8-21(19)32-3)31-12-27-23(20(31)9-26-17)29-22-15(24)5-4-6-16(22)25/h4-9,12-14,28-29H,10-11H2,1-3H3. The molecule has 2 N–H and O–H groups in total. The average Bonchev–Trinajstić information content (AvgIpc) is 3.18. The maximum atomic E-state index is 14.2. The Kier molecular flexibility index (Phi) is 5.27. The van der Waals surface area contributed by atoms with Gasteiger partial charge >= 0.3 is 0 Å². The summed E-state index contributed by atoms with van der Waals surface area (Å²) in [7, 11) is 1.67. The number of nitrogens with zero attached hydrogens (tertiary/aromatic N) is 4. The van der Waals surface area contributed by atoms with Crippen LogP contribution in [0.25, 0.3) is 16.6 Å². The van der Waals surface area contributed by atoms with Gasteiger partial charge in [-0.25, -0.2) is 9.37 Å². The molecule has 0 saturated carbocycles. The van der Waals surface area contributed by atoms with E-state index in [-0.39, 0.29) is 10.7 Å². The van der Waals surface area contributed by atoms with Crippen LogP contribution in [0.5, 0.6) is 5.75 Å². The van der Waals surface area contributed by atoms with E-state index in [0.717, 1.165) is 35.6 Å². The van der Waals surface area contributed by atoms with Crippen molar-refractivity contribution < 1.29 is 9.13 Å². The van der Waals surface area contributed by atoms with Gasteiger partial charge in [-0.2, -0.15) is 0 Å². The molecule has 1 aliphatic heterocycles. The van der Waals surface area contributed by atoms with E-state index in [2.05, 4.69) is 45.4 Å². The molecular formula is C23H24ClFN6O. The van der Waals surface area contributed by atoms with Crippen LogP contribution in [0.15, 0.2) is 42.9 Å². The minimum absolute atomic E-state index is 0.185. The fourth-order valence-electron chi connectivity index (χ4n) is 4.41. The van der Waals surface area contributed by atoms with Crippen LogP contribution in [0.1, 0.15) is 13.8 Å². The lowest BCUT2D eigenvalue weighted by molar-refractivity contribution is 0.391. The number of piperazine rings is 1. The third-order valence-corrected chi connectivity index (χ3v) is 6.09. The van der Waals surface area contributed by atoms with Gasteiger partial charge in [0.1, 0.15) is 23.4 Å². The fourth-order valence-corrected chi connectivity index (χ4v) is 4.62. The van der Waals surface area contributed by atoms with Gasteiger partial charge in [0.15, 0.2) is 5.82 Å². The summed E-state index contributed by atoms with van der Waals surface area (Å²) < 4.78 is 21.9. The maximum Gasteiger partial charge on any atom is 0.158 e. The normalized spacial score (nSPS) is 19.0. The van der Waals surface area contributed by atoms with Crippen LogP contribution in [0.4, 0.5) is 21.6 Å². The number of hydrogen-bond acceptors (Lipinski definition) is 6. The van der Waals surface area contributed by atoms with Crippen LogP contribution in [0.3, 0.4) is 0 Å². The Balaban J connectivity index is 1.58. The van der Waals surface area contributed by atoms with Gasteiger partial charge in [0, 0.05) is 31.2 Å². The smallest absolute Gasteiger partial charge is 0.158 e. The molecule has 9 heteroatoms. The number of fused-ring (bicyclic) bond motifs is 3. The molecule has 0 bridgehead atoms. The molecule has 7 nitrogen and oxygen atoms in total. The molecule has 0 radical (unpaired) electrons. The van der Waals surface area contributed by atoms with Gasteiger partial charge in [0.2, 0.25) is 0 Å². The van der Waals surface area contributed by atoms with E-state index < -0.39 is 5.82 Å². The van der Waals surface area contributed by atoms with Crippen LogP contribution < -0.4 is 20.3 Å². The molecule has 5 rings (SSSR count). The van der Waals surface area contributed by atoms with Crippen molar-refractivity contribution in [3.05, 3.63) is 53.7 Å². The summed E-state index contributed by atoms with van der Waals surface area (Å²) in [4.78, 5) is 11.4. The Bertz CT molecular complexity index is 1280. The highest BCUT2D eigenvalue weighted by Crippen LogP contribution is 2.35. The van der Waals surface area contributed by atoms with Crippen molar-refractivity contribution in [2.45, 2.75) is 25.9 Å². The Morgan fingerprint density at radius 2 is 1.94 bits per heavy atom. The second kappa shape index (κ2) is 8.11. The summed E-state index contributed by atoms with van der Waals surface area (Å²) in [6.07, 6.45) is 3.41. The quantitative estimate of drug-likeness (QED) is 0.469. The number of anilines is 3. The number of rotatable bonds is 4. The van der Waals surface area contributed by atoms with Gasteiger partial charge in [-0.1, -0.05) is 17.7 Å². The van der Waals surface area contributed by atoms with E-state index >= 15 is 0 Å². The third-order valence-electron chi connectivity index (χ3n) is 5.77. The van der Waals surface area contributed by atoms with Gasteiger partial charge < -0.3 is 20.3 Å². The number of ether oxygens (including phenoxy) is 1. The van der Waals surface area contributed by atoms with Crippen molar-refractivity contribution >= 4 is 45.3 Å². The lowest BCUT2D eigenvalue weighted by Gasteiger charge is -2.38. The topological polar surface area (TPSA) is 66.7 Å². The van der Waals surface area contributed by atoms with Gasteiger partial charge in [0.25, 0.3) is 0 Å². The number of methoxy groups -OCH3 is 1. The predicted molar refractivity (Wildman–Crippen MR) is 126 cm³/mol. The fraction of sp³-hybridized carbons (Fsp3) is 0.304. The minimum Gasteiger partial charge on any atom is -0.495 e. The summed E-state index contributed by atoms with van der Waals surface area (Å²) in [5.74, 6) is 0.797. The molecule has 1 saturated heterocycles. The van der Waals surface area contributed by atoms with Crippen LogP contribution in [0, 0.1) is 5.82 Å². The van der Waals surface area contributed by atoms with E-state index in [9.17, 15) is 4.39 Å². The first kappa shape index (κ1) is 20.8. The molecule has 0 amide bonds. The van der Waals surface area contributed by atoms with E-state index in [1.807, 2.05) is 10.5 Å². The number of imidazole rings is 1. The maximum absolute atomic E-state index is 14.2. The lowest BCUT2D eigenvalue weighted by atomic mass is 10.1. The Morgan fingerprint density at radius 3 is 2.66 bits per heavy atom. The highest BCUT2D eigenvalue weighted by atomic mass is 35.5. The van der Waals surface area contributed by atoms with Gasteiger partial charge in [-0.3, -0.25) is 9.38 Å². The van der Waals surface area contributed by atoms with E-state index in [1.54, 1.807) is 31.8 Å². The molecule has 0 aliphatic carbocycles. The SMILES string of the molecule is COc1cc2c(cc1N1CC(C)NC(C)C1)ncc1c(Nc3c(F)cccc3Cl)ncn12. The van der Waals surface area contributed by atoms with Crippen LogP contribution >= 0.6 is 11.6 Å². The van der Waals surface area contributed by atoms with E-state index in [1.165, 1.54) is 6.07 Å². The van der Waals surface area contributed by atoms with Gasteiger partial charge in [-0.15, -0.1) is 0 Å². The first-order chi connectivity index (χ1) is 15.4. The summed E-state index contributed by atoms with van der Waals surface area (Å²) in [6, 6.07) is 9.33. The minimum atomic E-state index is -0.446. The Labute approximate surface area is 190 Å². The second-order valence-electron chi connectivity index (χ2n) is 8.21. The predicted octanol–water partition coefficient (Wildman–Crippen LogP) is 4.61. The van der Waals surface area contributed by atoms with Crippen molar-refractivity contribution in [1.82, 2.24) is 19.7 Å². The van der Waals surface area contributed by atoms with Crippen molar-refractivity contribution in [2.75, 3.05) is 30.4 Å². The number of nitrogens with one attached hydrogen (secondary N) is 2. The van der Waals surface area contributed by atoms with Crippen molar-refractivity contribution in [3.8, 4) is 5.75 Å². The van der Waals surface area contributed by atoms with E-state index in [4.69, 9.17) is 16.3 Å². The second-order valence-corrected chi connectivity index (χ2v) is 8.62. The zero-order valence-corrected chi connectivity index (χ0v) is 18.8. The third kappa shape index (κ3) is 3.59. The summed E-state index contributed by atoms with van der Waals surface area (Å²) >= 11 is 6.17. The molecule has 2 aromatic carbocycles. The van der Waals surface area contributed by atoms with Crippen LogP contribution in [-0.4, -0.2) is 46.7 Å². The summed E-state index contributed by atoms with van der Waals surface area (Å²) in [6.45, 7) is 6.13. The van der Waals surface area contributed by atoms with Crippen molar-refractivity contribution in [3.63, 3.8) is 0 Å². The van der Waals surface area contributed by atoms with Gasteiger partial charge in [0.05, 0.1) is 40.7 Å². The molecule has 1 aliphatic rings. The molecule has 32 heavy (non-hydrogen) atoms. The lowest BCUT2D eigenvalue weighted by Crippen LogP contribution is -2.54. The van der Waals surface area contributed by atoms with Crippen molar-refractivity contribution in [1.29, 1.82) is 0 Å². The Morgan fingerprint density at radius 1 is 1.16 bits per heavy atom. The summed E-state index contributed by atoms with van der Waals surface area (Å²) in [5, 5.41) is 6.84. The van der Waals surface area contributed by atoms with Gasteiger partial charge in [-0.05, 0) is 32.0 Å². The molecule has 166 valence electrons. The average molecular weight is 455 g/mol. The molecule has 2 atom stereocenters. The van der Waals surface area contributed by atoms with Crippen LogP contribution in [-0.2, 0) is 0 Å². The molecule has 1 fully saturated rings. The first-order valence-electron chi connectivity index (χ1n) is 10.5. The highest BCUT2D eigenvalue weighted by Gasteiger charge is 2.24. The molecular weight excluding hydrogens is 431 g/mol. The molecule has 0 spiro atoms. The number of aromatic nitrogens is 3. The monoisotopic (exact) mass is 454 g/mol. The zero-order chi connectivity index (χ0) is 22.4. The number of hydrogen-bond donors (Lipinski definition) is 2. The number of para-hydroxylation sites is 1. The largest absolute Gasteiger partial charge is 0.495 e. The first-order valence-corrected chi connectivity index (χ1v) is 10.9. The van der Waals surface area contributed by atoms with Crippen molar-refractivity contribution in [2.24, 2.45) is 0 Å². The molecule has 2 unspecified atom stereocenters.